The van der Waals surface area contributed by atoms with E-state index in [9.17, 15) is 4.21 Å². The predicted octanol–water partition coefficient (Wildman–Crippen LogP) is -0.0702. The molecule has 0 radical (unpaired) electrons. The maximum atomic E-state index is 9.24. The van der Waals surface area contributed by atoms with Crippen LogP contribution in [0.25, 0.3) is 0 Å². The van der Waals surface area contributed by atoms with Gasteiger partial charge in [0.15, 0.2) is 0 Å². The minimum Gasteiger partial charge on any atom is -0.284 e. The average Bonchev–Trinajstić information content (AvgIpc) is 1.38. The van der Waals surface area contributed by atoms with Crippen LogP contribution in [0.1, 0.15) is 0 Å². The van der Waals surface area contributed by atoms with Gasteiger partial charge in [-0.25, -0.2) is 0 Å². The molecular formula is H3O3PS. The molecule has 0 amide bonds. The first kappa shape index (κ1) is 5.50. The number of hydrogen-bond acceptors (Lipinski definition) is 2. The molecule has 2 atom stereocenters. The lowest BCUT2D eigenvalue weighted by Gasteiger charge is -1.76. The van der Waals surface area contributed by atoms with Crippen molar-refractivity contribution in [3.8, 4) is 0 Å². The first-order chi connectivity index (χ1) is 2.27. The van der Waals surface area contributed by atoms with E-state index in [2.05, 4.69) is 3.97 Å². The Kier molecular flexibility index (Phi) is 2.99. The first-order valence-corrected chi connectivity index (χ1v) is 2.25. The van der Waals surface area contributed by atoms with Gasteiger partial charge in [0.25, 0.3) is 0 Å². The van der Waals surface area contributed by atoms with Gasteiger partial charge in [0, 0.05) is 9.47 Å². The molecular weight excluding hydrogens is 111 g/mol. The summed E-state index contributed by atoms with van der Waals surface area (Å²) in [6.07, 6.45) is 0. The molecule has 0 aliphatic carbocycles. The van der Waals surface area contributed by atoms with Crippen LogP contribution < -0.4 is 0 Å². The van der Waals surface area contributed by atoms with Gasteiger partial charge in [0.05, 0.1) is 0 Å². The van der Waals surface area contributed by atoms with Crippen molar-refractivity contribution in [2.45, 2.75) is 0 Å². The Labute approximate surface area is 34.5 Å². The topological polar surface area (TPSA) is 46.5 Å². The van der Waals surface area contributed by atoms with Gasteiger partial charge in [0.1, 0.15) is 0 Å². The Morgan fingerprint density at radius 3 is 2.20 bits per heavy atom. The fourth-order valence-electron chi connectivity index (χ4n) is 0. The monoisotopic (exact) mass is 114 g/mol. The zero-order valence-electron chi connectivity index (χ0n) is 2.25. The molecule has 2 unspecified atom stereocenters. The van der Waals surface area contributed by atoms with Crippen molar-refractivity contribution in [3.63, 3.8) is 0 Å². The van der Waals surface area contributed by atoms with Gasteiger partial charge in [-0.05, 0) is 0 Å². The van der Waals surface area contributed by atoms with E-state index in [1.165, 1.54) is 0 Å². The molecule has 0 bridgehead atoms. The van der Waals surface area contributed by atoms with E-state index in [1.54, 1.807) is 9.47 Å². The minimum absolute atomic E-state index is 1.64. The summed E-state index contributed by atoms with van der Waals surface area (Å²) in [6.45, 7) is 0. The number of rotatable bonds is 1. The highest BCUT2D eigenvalue weighted by Gasteiger charge is 1.75. The normalized spacial score (nSPS) is 14.8. The SMILES string of the molecule is O=S(O)OP. The van der Waals surface area contributed by atoms with Crippen molar-refractivity contribution in [1.29, 1.82) is 0 Å². The van der Waals surface area contributed by atoms with E-state index in [0.717, 1.165) is 0 Å². The summed E-state index contributed by atoms with van der Waals surface area (Å²) < 4.78 is 20.5. The average molecular weight is 114 g/mol. The third-order valence-corrected chi connectivity index (χ3v) is 0.741. The second-order valence-electron chi connectivity index (χ2n) is 0.313. The number of hydrogen-bond donors (Lipinski definition) is 1. The fourth-order valence-corrected chi connectivity index (χ4v) is 0. The molecule has 0 aliphatic rings. The molecule has 0 rings (SSSR count). The van der Waals surface area contributed by atoms with E-state index < -0.39 is 11.4 Å². The van der Waals surface area contributed by atoms with Gasteiger partial charge in [-0.15, -0.1) is 0 Å². The Hall–Kier alpha value is 0.500. The van der Waals surface area contributed by atoms with Crippen molar-refractivity contribution in [2.24, 2.45) is 0 Å². The van der Waals surface area contributed by atoms with Crippen LogP contribution in [0, 0.1) is 0 Å². The van der Waals surface area contributed by atoms with Gasteiger partial charge in [-0.1, -0.05) is 0 Å². The molecule has 0 aromatic heterocycles. The second-order valence-corrected chi connectivity index (χ2v) is 1.52. The Morgan fingerprint density at radius 2 is 2.20 bits per heavy atom. The highest BCUT2D eigenvalue weighted by molar-refractivity contribution is 7.76. The minimum atomic E-state index is -2.11. The molecule has 3 nitrogen and oxygen atoms in total. The Morgan fingerprint density at radius 1 is 2.00 bits per heavy atom. The van der Waals surface area contributed by atoms with E-state index >= 15 is 0 Å². The molecule has 5 heavy (non-hydrogen) atoms. The quantitative estimate of drug-likeness (QED) is 0.383. The lowest BCUT2D eigenvalue weighted by atomic mass is 15.8. The maximum absolute atomic E-state index is 9.24. The molecule has 0 heterocycles. The highest BCUT2D eigenvalue weighted by atomic mass is 32.2. The summed E-state index contributed by atoms with van der Waals surface area (Å²) in [5.74, 6) is 0. The lowest BCUT2D eigenvalue weighted by molar-refractivity contribution is 0.485. The van der Waals surface area contributed by atoms with Gasteiger partial charge in [-0.2, -0.15) is 4.21 Å². The molecule has 0 spiro atoms. The van der Waals surface area contributed by atoms with Crippen molar-refractivity contribution in [1.82, 2.24) is 0 Å². The Bertz CT molecular complexity index is 42.2. The second kappa shape index (κ2) is 2.72. The van der Waals surface area contributed by atoms with Crippen LogP contribution in [-0.4, -0.2) is 8.76 Å². The molecule has 1 N–H and O–H groups in total. The predicted molar refractivity (Wildman–Crippen MR) is 21.6 cm³/mol. The molecule has 0 saturated carbocycles. The summed E-state index contributed by atoms with van der Waals surface area (Å²) in [7, 11) is 1.64. The lowest BCUT2D eigenvalue weighted by Crippen LogP contribution is -1.77. The molecule has 0 aromatic carbocycles. The summed E-state index contributed by atoms with van der Waals surface area (Å²) in [4.78, 5) is 0. The first-order valence-electron chi connectivity index (χ1n) is 0.752. The van der Waals surface area contributed by atoms with Gasteiger partial charge >= 0.3 is 11.4 Å². The van der Waals surface area contributed by atoms with Crippen LogP contribution in [-0.2, 0) is 15.3 Å². The summed E-state index contributed by atoms with van der Waals surface area (Å²) in [6, 6.07) is 0. The molecule has 5 heteroatoms. The molecule has 0 fully saturated rings. The van der Waals surface area contributed by atoms with Crippen LogP contribution in [0.4, 0.5) is 0 Å². The van der Waals surface area contributed by atoms with Crippen molar-refractivity contribution in [3.05, 3.63) is 0 Å². The van der Waals surface area contributed by atoms with Crippen molar-refractivity contribution >= 4 is 20.8 Å². The van der Waals surface area contributed by atoms with Crippen molar-refractivity contribution in [2.75, 3.05) is 0 Å². The van der Waals surface area contributed by atoms with E-state index in [-0.39, 0.29) is 0 Å². The van der Waals surface area contributed by atoms with E-state index in [1.807, 2.05) is 0 Å². The van der Waals surface area contributed by atoms with Crippen LogP contribution in [0.5, 0.6) is 0 Å². The zero-order valence-corrected chi connectivity index (χ0v) is 4.22. The Balaban J connectivity index is 2.85. The fraction of sp³-hybridized carbons (Fsp3) is 0. The summed E-state index contributed by atoms with van der Waals surface area (Å²) >= 11 is -2.11. The summed E-state index contributed by atoms with van der Waals surface area (Å²) in [5.41, 5.74) is 0. The molecule has 0 saturated heterocycles. The zero-order chi connectivity index (χ0) is 4.28. The third kappa shape index (κ3) is 4.50. The van der Waals surface area contributed by atoms with E-state index in [0.29, 0.717) is 0 Å². The standard InChI is InChI=1S/H3O3PS/c1-5(2)3-4/h4H2,(H,1,2). The maximum Gasteiger partial charge on any atom is 0.304 e. The summed E-state index contributed by atoms with van der Waals surface area (Å²) in [5, 5.41) is 0. The van der Waals surface area contributed by atoms with Gasteiger partial charge in [0.2, 0.25) is 0 Å². The van der Waals surface area contributed by atoms with Gasteiger partial charge < -0.3 is 0 Å². The van der Waals surface area contributed by atoms with Crippen LogP contribution in [0.15, 0.2) is 0 Å². The highest BCUT2D eigenvalue weighted by Crippen LogP contribution is 1.84. The van der Waals surface area contributed by atoms with Crippen molar-refractivity contribution < 1.29 is 12.7 Å². The van der Waals surface area contributed by atoms with Crippen LogP contribution in [0.2, 0.25) is 0 Å². The third-order valence-electron chi connectivity index (χ3n) is 0.0823. The molecule has 32 valence electrons. The largest absolute Gasteiger partial charge is 0.304 e. The van der Waals surface area contributed by atoms with Crippen LogP contribution in [0.3, 0.4) is 0 Å². The van der Waals surface area contributed by atoms with Crippen LogP contribution >= 0.6 is 9.47 Å². The van der Waals surface area contributed by atoms with E-state index in [4.69, 9.17) is 4.55 Å². The van der Waals surface area contributed by atoms with Gasteiger partial charge in [-0.3, -0.25) is 8.52 Å². The molecule has 0 aliphatic heterocycles. The molecule has 0 aromatic rings. The smallest absolute Gasteiger partial charge is 0.284 e.